The van der Waals surface area contributed by atoms with E-state index in [4.69, 9.17) is 4.74 Å². The van der Waals surface area contributed by atoms with Crippen molar-refractivity contribution in [3.8, 4) is 0 Å². The molecule has 0 aromatic carbocycles. The highest BCUT2D eigenvalue weighted by molar-refractivity contribution is 5.81. The molecule has 25 heavy (non-hydrogen) atoms. The molecule has 6 nitrogen and oxygen atoms in total. The van der Waals surface area contributed by atoms with E-state index in [0.29, 0.717) is 12.8 Å². The van der Waals surface area contributed by atoms with Gasteiger partial charge >= 0.3 is 12.1 Å². The minimum atomic E-state index is -0.655. The molecule has 0 saturated heterocycles. The molecule has 1 amide bonds. The third kappa shape index (κ3) is 8.36. The summed E-state index contributed by atoms with van der Waals surface area (Å²) in [6.07, 6.45) is 0.768. The summed E-state index contributed by atoms with van der Waals surface area (Å²) in [6, 6.07) is 0. The molecule has 0 rings (SSSR count). The van der Waals surface area contributed by atoms with Gasteiger partial charge < -0.3 is 10.1 Å². The van der Waals surface area contributed by atoms with Crippen molar-refractivity contribution in [2.75, 3.05) is 13.2 Å². The Bertz CT molecular complexity index is 487. The number of hydrogen-bond acceptors (Lipinski definition) is 5. The first-order valence-electron chi connectivity index (χ1n) is 8.88. The summed E-state index contributed by atoms with van der Waals surface area (Å²) in [4.78, 5) is 28.9. The zero-order chi connectivity index (χ0) is 19.9. The van der Waals surface area contributed by atoms with Gasteiger partial charge in [-0.25, -0.2) is 4.79 Å². The zero-order valence-corrected chi connectivity index (χ0v) is 17.4. The minimum absolute atomic E-state index is 0.00174. The average molecular weight is 357 g/mol. The second-order valence-electron chi connectivity index (χ2n) is 8.94. The maximum absolute atomic E-state index is 12.7. The third-order valence-electron chi connectivity index (χ3n) is 4.39. The summed E-state index contributed by atoms with van der Waals surface area (Å²) in [5.74, 6) is -0.245. The Hall–Kier alpha value is -1.59. The van der Waals surface area contributed by atoms with E-state index < -0.39 is 11.5 Å². The first kappa shape index (κ1) is 23.4. The molecular formula is C19H36N2O4. The van der Waals surface area contributed by atoms with E-state index in [1.807, 2.05) is 34.6 Å². The van der Waals surface area contributed by atoms with Crippen molar-refractivity contribution in [3.05, 3.63) is 0 Å². The van der Waals surface area contributed by atoms with Gasteiger partial charge in [0, 0.05) is 0 Å². The van der Waals surface area contributed by atoms with E-state index in [0.717, 1.165) is 5.71 Å². The molecule has 0 aliphatic carbocycles. The zero-order valence-electron chi connectivity index (χ0n) is 17.4. The molecule has 0 bridgehead atoms. The molecule has 0 aliphatic rings. The second kappa shape index (κ2) is 9.20. The summed E-state index contributed by atoms with van der Waals surface area (Å²) in [5.41, 5.74) is -0.132. The van der Waals surface area contributed by atoms with Gasteiger partial charge in [-0.2, -0.15) is 0 Å². The van der Waals surface area contributed by atoms with Gasteiger partial charge in [0.05, 0.1) is 17.7 Å². The van der Waals surface area contributed by atoms with Crippen molar-refractivity contribution in [1.29, 1.82) is 0 Å². The molecular weight excluding hydrogens is 320 g/mol. The van der Waals surface area contributed by atoms with Crippen LogP contribution in [0.1, 0.15) is 75.2 Å². The summed E-state index contributed by atoms with van der Waals surface area (Å²) in [6.45, 7) is 18.4. The molecule has 0 spiro atoms. The standard InChI is InChI=1S/C19H36N2O4/c1-10-14(2)21-25-16(23)20-11-12-24-15(22)19(9,18(6,7)8)13-17(3,4)5/h10-13H2,1-9H3,(H,20,23)/b21-14-. The lowest BCUT2D eigenvalue weighted by atomic mass is 9.61. The Balaban J connectivity index is 4.58. The van der Waals surface area contributed by atoms with Crippen LogP contribution >= 0.6 is 0 Å². The quantitative estimate of drug-likeness (QED) is 0.239. The maximum Gasteiger partial charge on any atom is 0.433 e. The molecule has 1 unspecified atom stereocenters. The number of carbonyl (C=O) groups excluding carboxylic acids is 2. The summed E-state index contributed by atoms with van der Waals surface area (Å²) >= 11 is 0. The molecule has 0 aromatic rings. The van der Waals surface area contributed by atoms with Crippen LogP contribution in [0.25, 0.3) is 0 Å². The fraction of sp³-hybridized carbons (Fsp3) is 0.842. The van der Waals surface area contributed by atoms with Crippen LogP contribution in [0.5, 0.6) is 0 Å². The molecule has 0 aliphatic heterocycles. The van der Waals surface area contributed by atoms with Crippen molar-refractivity contribution in [2.24, 2.45) is 21.4 Å². The monoisotopic (exact) mass is 356 g/mol. The predicted octanol–water partition coefficient (Wildman–Crippen LogP) is 4.53. The Labute approximate surface area is 152 Å². The fourth-order valence-corrected chi connectivity index (χ4v) is 2.38. The third-order valence-corrected chi connectivity index (χ3v) is 4.39. The number of amides is 1. The Morgan fingerprint density at radius 1 is 1.04 bits per heavy atom. The van der Waals surface area contributed by atoms with E-state index in [1.54, 1.807) is 6.92 Å². The molecule has 0 heterocycles. The van der Waals surface area contributed by atoms with E-state index in [-0.39, 0.29) is 30.0 Å². The minimum Gasteiger partial charge on any atom is -0.463 e. The highest BCUT2D eigenvalue weighted by Crippen LogP contribution is 2.47. The number of nitrogens with zero attached hydrogens (tertiary/aromatic N) is 1. The van der Waals surface area contributed by atoms with Crippen LogP contribution in [-0.2, 0) is 14.4 Å². The molecule has 1 atom stereocenters. The lowest BCUT2D eigenvalue weighted by Gasteiger charge is -2.43. The Morgan fingerprint density at radius 3 is 2.04 bits per heavy atom. The van der Waals surface area contributed by atoms with Crippen LogP contribution in [0.15, 0.2) is 5.16 Å². The number of nitrogens with one attached hydrogen (secondary N) is 1. The Morgan fingerprint density at radius 2 is 1.60 bits per heavy atom. The van der Waals surface area contributed by atoms with Crippen molar-refractivity contribution in [3.63, 3.8) is 0 Å². The van der Waals surface area contributed by atoms with Gasteiger partial charge in [0.25, 0.3) is 0 Å². The SMILES string of the molecule is CC/C(C)=N\OC(=O)NCCOC(=O)C(C)(CC(C)(C)C)C(C)(C)C. The number of esters is 1. The molecule has 0 radical (unpaired) electrons. The van der Waals surface area contributed by atoms with Gasteiger partial charge in [-0.1, -0.05) is 53.6 Å². The average Bonchev–Trinajstić information content (AvgIpc) is 2.45. The van der Waals surface area contributed by atoms with Gasteiger partial charge in [-0.15, -0.1) is 0 Å². The van der Waals surface area contributed by atoms with Crippen molar-refractivity contribution in [2.45, 2.75) is 75.2 Å². The number of hydrogen-bond donors (Lipinski definition) is 1. The number of carbonyl (C=O) groups is 2. The highest BCUT2D eigenvalue weighted by atomic mass is 16.7. The van der Waals surface area contributed by atoms with Gasteiger partial charge in [-0.3, -0.25) is 9.63 Å². The van der Waals surface area contributed by atoms with Crippen molar-refractivity contribution in [1.82, 2.24) is 5.32 Å². The van der Waals surface area contributed by atoms with Gasteiger partial charge in [0.1, 0.15) is 6.61 Å². The molecule has 146 valence electrons. The van der Waals surface area contributed by atoms with Crippen LogP contribution < -0.4 is 5.32 Å². The molecule has 1 N–H and O–H groups in total. The predicted molar refractivity (Wildman–Crippen MR) is 100 cm³/mol. The van der Waals surface area contributed by atoms with Crippen LogP contribution in [0.4, 0.5) is 4.79 Å². The number of oxime groups is 1. The van der Waals surface area contributed by atoms with Gasteiger partial charge in [0.2, 0.25) is 0 Å². The lowest BCUT2D eigenvalue weighted by molar-refractivity contribution is -0.164. The van der Waals surface area contributed by atoms with Crippen LogP contribution in [0, 0.1) is 16.2 Å². The highest BCUT2D eigenvalue weighted by Gasteiger charge is 2.47. The smallest absolute Gasteiger partial charge is 0.433 e. The summed E-state index contributed by atoms with van der Waals surface area (Å²) < 4.78 is 5.43. The van der Waals surface area contributed by atoms with Crippen molar-refractivity contribution < 1.29 is 19.2 Å². The topological polar surface area (TPSA) is 77.0 Å². The van der Waals surface area contributed by atoms with E-state index in [1.165, 1.54) is 0 Å². The molecule has 0 fully saturated rings. The molecule has 0 aromatic heterocycles. The van der Waals surface area contributed by atoms with Gasteiger partial charge in [-0.05, 0) is 37.5 Å². The largest absolute Gasteiger partial charge is 0.463 e. The van der Waals surface area contributed by atoms with Crippen LogP contribution in [0.2, 0.25) is 0 Å². The Kier molecular flexibility index (Phi) is 8.62. The first-order valence-corrected chi connectivity index (χ1v) is 8.88. The maximum atomic E-state index is 12.7. The van der Waals surface area contributed by atoms with Crippen LogP contribution in [-0.4, -0.2) is 30.9 Å². The number of ether oxygens (including phenoxy) is 1. The van der Waals surface area contributed by atoms with Crippen molar-refractivity contribution >= 4 is 17.8 Å². The second-order valence-corrected chi connectivity index (χ2v) is 8.94. The van der Waals surface area contributed by atoms with E-state index in [9.17, 15) is 9.59 Å². The number of rotatable bonds is 7. The fourth-order valence-electron chi connectivity index (χ4n) is 2.38. The van der Waals surface area contributed by atoms with E-state index >= 15 is 0 Å². The molecule has 0 saturated carbocycles. The summed E-state index contributed by atoms with van der Waals surface area (Å²) in [7, 11) is 0. The van der Waals surface area contributed by atoms with Crippen LogP contribution in [0.3, 0.4) is 0 Å². The lowest BCUT2D eigenvalue weighted by Crippen LogP contribution is -2.45. The van der Waals surface area contributed by atoms with Gasteiger partial charge in [0.15, 0.2) is 0 Å². The van der Waals surface area contributed by atoms with E-state index in [2.05, 4.69) is 36.1 Å². The molecule has 6 heteroatoms. The normalized spacial score (nSPS) is 15.3. The first-order chi connectivity index (χ1) is 11.2. The summed E-state index contributed by atoms with van der Waals surface area (Å²) in [5, 5.41) is 6.18.